The van der Waals surface area contributed by atoms with Gasteiger partial charge in [-0.2, -0.15) is 0 Å². The number of pyridine rings is 1. The molecule has 0 bridgehead atoms. The zero-order chi connectivity index (χ0) is 17.5. The van der Waals surface area contributed by atoms with E-state index >= 15 is 0 Å². The second-order valence-corrected chi connectivity index (χ2v) is 5.86. The van der Waals surface area contributed by atoms with Gasteiger partial charge in [-0.05, 0) is 32.9 Å². The number of aromatic nitrogens is 1. The topological polar surface area (TPSA) is 47.0 Å². The van der Waals surface area contributed by atoms with Crippen molar-refractivity contribution in [2.75, 3.05) is 14.2 Å². The summed E-state index contributed by atoms with van der Waals surface area (Å²) in [7, 11) is 3.66. The normalized spacial score (nSPS) is 11.1. The van der Waals surface area contributed by atoms with Crippen LogP contribution < -0.4 is 9.47 Å². The number of rotatable bonds is 7. The van der Waals surface area contributed by atoms with Crippen molar-refractivity contribution in [3.05, 3.63) is 47.7 Å². The Kier molecular flexibility index (Phi) is 6.18. The van der Waals surface area contributed by atoms with Crippen LogP contribution in [0.25, 0.3) is 0 Å². The molecule has 1 aromatic carbocycles. The molecular formula is C19H25N3O2. The van der Waals surface area contributed by atoms with E-state index in [4.69, 9.17) is 9.47 Å². The lowest BCUT2D eigenvalue weighted by Gasteiger charge is -2.17. The summed E-state index contributed by atoms with van der Waals surface area (Å²) in [5.41, 5.74) is 2.66. The van der Waals surface area contributed by atoms with E-state index in [1.54, 1.807) is 7.11 Å². The van der Waals surface area contributed by atoms with Gasteiger partial charge in [-0.1, -0.05) is 18.2 Å². The van der Waals surface area contributed by atoms with E-state index in [-0.39, 0.29) is 0 Å². The maximum absolute atomic E-state index is 5.78. The Labute approximate surface area is 144 Å². The molecule has 2 rings (SSSR count). The molecule has 0 atom stereocenters. The minimum Gasteiger partial charge on any atom is -0.496 e. The fraction of sp³-hybridized carbons (Fsp3) is 0.368. The number of nitrogens with zero attached hydrogens (tertiary/aromatic N) is 3. The summed E-state index contributed by atoms with van der Waals surface area (Å²) in [6.45, 7) is 6.57. The average molecular weight is 327 g/mol. The molecule has 128 valence electrons. The summed E-state index contributed by atoms with van der Waals surface area (Å²) in [5.74, 6) is 1.39. The first-order valence-electron chi connectivity index (χ1n) is 7.99. The fourth-order valence-corrected chi connectivity index (χ4v) is 2.01. The monoisotopic (exact) mass is 327 g/mol. The summed E-state index contributed by atoms with van der Waals surface area (Å²) >= 11 is 0. The lowest BCUT2D eigenvalue weighted by molar-refractivity contribution is 0.285. The Morgan fingerprint density at radius 1 is 1.21 bits per heavy atom. The molecule has 5 nitrogen and oxygen atoms in total. The number of hydrogen-bond donors (Lipinski definition) is 0. The van der Waals surface area contributed by atoms with Crippen molar-refractivity contribution in [3.63, 3.8) is 0 Å². The molecule has 0 aliphatic rings. The second kappa shape index (κ2) is 8.34. The van der Waals surface area contributed by atoms with Crippen LogP contribution in [0.5, 0.6) is 11.6 Å². The number of para-hydroxylation sites is 1. The number of hydrogen-bond acceptors (Lipinski definition) is 4. The second-order valence-electron chi connectivity index (χ2n) is 5.86. The number of ether oxygens (including phenoxy) is 2. The maximum Gasteiger partial charge on any atom is 0.213 e. The van der Waals surface area contributed by atoms with Crippen molar-refractivity contribution in [2.45, 2.75) is 33.4 Å². The first-order chi connectivity index (χ1) is 11.5. The number of benzene rings is 1. The van der Waals surface area contributed by atoms with Crippen LogP contribution in [-0.2, 0) is 6.61 Å². The molecule has 1 aromatic heterocycles. The van der Waals surface area contributed by atoms with Gasteiger partial charge in [0, 0.05) is 24.7 Å². The fourth-order valence-electron chi connectivity index (χ4n) is 2.01. The molecule has 0 saturated carbocycles. The highest BCUT2D eigenvalue weighted by Gasteiger charge is 2.06. The lowest BCUT2D eigenvalue weighted by Crippen LogP contribution is -2.24. The number of methoxy groups -OCH3 is 1. The number of aryl methyl sites for hydroxylation is 1. The molecule has 0 aliphatic heterocycles. The van der Waals surface area contributed by atoms with Crippen molar-refractivity contribution in [3.8, 4) is 11.6 Å². The Balaban J connectivity index is 2.04. The Hall–Kier alpha value is -2.56. The zero-order valence-electron chi connectivity index (χ0n) is 15.0. The van der Waals surface area contributed by atoms with E-state index in [9.17, 15) is 0 Å². The highest BCUT2D eigenvalue weighted by atomic mass is 16.5. The van der Waals surface area contributed by atoms with Gasteiger partial charge in [0.15, 0.2) is 0 Å². The molecule has 0 spiro atoms. The molecule has 0 radical (unpaired) electrons. The van der Waals surface area contributed by atoms with Crippen LogP contribution in [0.2, 0.25) is 0 Å². The van der Waals surface area contributed by atoms with Crippen LogP contribution in [0, 0.1) is 6.92 Å². The largest absolute Gasteiger partial charge is 0.496 e. The van der Waals surface area contributed by atoms with Crippen LogP contribution in [0.4, 0.5) is 5.69 Å². The van der Waals surface area contributed by atoms with E-state index in [0.29, 0.717) is 18.5 Å². The molecule has 0 aliphatic carbocycles. The SMILES string of the molecule is COc1ccccc1COc1ccc(N=CN(C)C(C)C)c(C)n1. The molecule has 0 N–H and O–H groups in total. The molecule has 0 fully saturated rings. The summed E-state index contributed by atoms with van der Waals surface area (Å²) < 4.78 is 11.1. The van der Waals surface area contributed by atoms with Gasteiger partial charge in [-0.25, -0.2) is 9.98 Å². The standard InChI is InChI=1S/C19H25N3O2/c1-14(2)22(4)13-20-17-10-11-19(21-15(17)3)24-12-16-8-6-7-9-18(16)23-5/h6-11,13-14H,12H2,1-5H3. The summed E-state index contributed by atoms with van der Waals surface area (Å²) in [6, 6.07) is 12.0. The lowest BCUT2D eigenvalue weighted by atomic mass is 10.2. The zero-order valence-corrected chi connectivity index (χ0v) is 15.0. The Morgan fingerprint density at radius 3 is 2.62 bits per heavy atom. The van der Waals surface area contributed by atoms with E-state index < -0.39 is 0 Å². The Bertz CT molecular complexity index is 699. The highest BCUT2D eigenvalue weighted by Crippen LogP contribution is 2.22. The van der Waals surface area contributed by atoms with Gasteiger partial charge in [0.2, 0.25) is 5.88 Å². The van der Waals surface area contributed by atoms with Crippen LogP contribution in [0.15, 0.2) is 41.4 Å². The van der Waals surface area contributed by atoms with E-state index in [2.05, 4.69) is 23.8 Å². The van der Waals surface area contributed by atoms with Gasteiger partial charge >= 0.3 is 0 Å². The van der Waals surface area contributed by atoms with Gasteiger partial charge in [0.25, 0.3) is 0 Å². The third-order valence-electron chi connectivity index (χ3n) is 3.79. The molecule has 24 heavy (non-hydrogen) atoms. The van der Waals surface area contributed by atoms with Gasteiger partial charge in [0.05, 0.1) is 24.8 Å². The van der Waals surface area contributed by atoms with Crippen molar-refractivity contribution in [2.24, 2.45) is 4.99 Å². The maximum atomic E-state index is 5.78. The van der Waals surface area contributed by atoms with Gasteiger partial charge in [0.1, 0.15) is 12.4 Å². The van der Waals surface area contributed by atoms with Gasteiger partial charge < -0.3 is 14.4 Å². The van der Waals surface area contributed by atoms with Crippen LogP contribution >= 0.6 is 0 Å². The van der Waals surface area contributed by atoms with Crippen molar-refractivity contribution >= 4 is 12.0 Å². The minimum absolute atomic E-state index is 0.408. The van der Waals surface area contributed by atoms with Crippen LogP contribution in [0.3, 0.4) is 0 Å². The number of aliphatic imine (C=N–C) groups is 1. The van der Waals surface area contributed by atoms with E-state index in [0.717, 1.165) is 22.7 Å². The molecule has 2 aromatic rings. The van der Waals surface area contributed by atoms with Gasteiger partial charge in [-0.3, -0.25) is 0 Å². The molecule has 0 unspecified atom stereocenters. The van der Waals surface area contributed by atoms with Crippen LogP contribution in [0.1, 0.15) is 25.1 Å². The average Bonchev–Trinajstić information content (AvgIpc) is 2.58. The predicted octanol–water partition coefficient (Wildman–Crippen LogP) is 3.98. The molecule has 1 heterocycles. The first kappa shape index (κ1) is 17.8. The van der Waals surface area contributed by atoms with Gasteiger partial charge in [-0.15, -0.1) is 0 Å². The quantitative estimate of drug-likeness (QED) is 0.570. The van der Waals surface area contributed by atoms with E-state index in [1.807, 2.05) is 61.6 Å². The third-order valence-corrected chi connectivity index (χ3v) is 3.79. The minimum atomic E-state index is 0.408. The van der Waals surface area contributed by atoms with Crippen LogP contribution in [-0.4, -0.2) is 36.4 Å². The van der Waals surface area contributed by atoms with Crippen molar-refractivity contribution in [1.29, 1.82) is 0 Å². The highest BCUT2D eigenvalue weighted by molar-refractivity contribution is 5.62. The molecular weight excluding hydrogens is 302 g/mol. The summed E-state index contributed by atoms with van der Waals surface area (Å²) in [5, 5.41) is 0. The summed E-state index contributed by atoms with van der Waals surface area (Å²) in [6.07, 6.45) is 1.82. The van der Waals surface area contributed by atoms with E-state index in [1.165, 1.54) is 0 Å². The van der Waals surface area contributed by atoms with Crippen molar-refractivity contribution < 1.29 is 9.47 Å². The molecule has 0 amide bonds. The Morgan fingerprint density at radius 2 is 1.96 bits per heavy atom. The molecule has 0 saturated heterocycles. The smallest absolute Gasteiger partial charge is 0.213 e. The predicted molar refractivity (Wildman–Crippen MR) is 97.4 cm³/mol. The first-order valence-corrected chi connectivity index (χ1v) is 7.99. The summed E-state index contributed by atoms with van der Waals surface area (Å²) in [4.78, 5) is 11.0. The van der Waals surface area contributed by atoms with Crippen molar-refractivity contribution in [1.82, 2.24) is 9.88 Å². The third kappa shape index (κ3) is 4.72. The molecule has 5 heteroatoms.